The number of nitrogens with zero attached hydrogens (tertiary/aromatic N) is 4. The highest BCUT2D eigenvalue weighted by Crippen LogP contribution is 2.35. The van der Waals surface area contributed by atoms with Crippen LogP contribution in [0.25, 0.3) is 11.0 Å². The Kier molecular flexibility index (Phi) is 4.70. The lowest BCUT2D eigenvalue weighted by Gasteiger charge is -2.14. The SMILES string of the molecule is CC(C)n1ncc2cc(NC(=O)CCN3C(=O)[C@H]4CC=CC[C@H]4C3=O)cnc21. The van der Waals surface area contributed by atoms with Crippen molar-refractivity contribution in [2.45, 2.75) is 39.2 Å². The molecule has 2 atom stereocenters. The summed E-state index contributed by atoms with van der Waals surface area (Å²) in [5.74, 6) is -1.09. The summed E-state index contributed by atoms with van der Waals surface area (Å²) >= 11 is 0. The molecule has 0 saturated carbocycles. The quantitative estimate of drug-likeness (QED) is 0.633. The fraction of sp³-hybridized carbons (Fsp3) is 0.450. The molecule has 1 N–H and O–H groups in total. The third-order valence-corrected chi connectivity index (χ3v) is 5.37. The van der Waals surface area contributed by atoms with Crippen LogP contribution in [0, 0.1) is 11.8 Å². The molecule has 3 amide bonds. The van der Waals surface area contributed by atoms with Crippen molar-refractivity contribution in [2.75, 3.05) is 11.9 Å². The van der Waals surface area contributed by atoms with Gasteiger partial charge in [-0.25, -0.2) is 9.67 Å². The predicted octanol–water partition coefficient (Wildman–Crippen LogP) is 2.29. The van der Waals surface area contributed by atoms with Crippen molar-refractivity contribution >= 4 is 34.4 Å². The van der Waals surface area contributed by atoms with Gasteiger partial charge in [0.25, 0.3) is 0 Å². The predicted molar refractivity (Wildman–Crippen MR) is 103 cm³/mol. The maximum absolute atomic E-state index is 12.4. The number of carbonyl (C=O) groups excluding carboxylic acids is 3. The highest BCUT2D eigenvalue weighted by molar-refractivity contribution is 6.06. The number of fused-ring (bicyclic) bond motifs is 2. The van der Waals surface area contributed by atoms with Gasteiger partial charge in [0.1, 0.15) is 0 Å². The van der Waals surface area contributed by atoms with Gasteiger partial charge in [-0.2, -0.15) is 5.10 Å². The molecule has 0 aromatic carbocycles. The van der Waals surface area contributed by atoms with Gasteiger partial charge < -0.3 is 5.32 Å². The van der Waals surface area contributed by atoms with Crippen LogP contribution in [0.5, 0.6) is 0 Å². The van der Waals surface area contributed by atoms with Crippen molar-refractivity contribution in [3.8, 4) is 0 Å². The molecule has 0 unspecified atom stereocenters. The van der Waals surface area contributed by atoms with Crippen LogP contribution in [0.15, 0.2) is 30.6 Å². The van der Waals surface area contributed by atoms with Crippen LogP contribution in [-0.4, -0.2) is 43.9 Å². The van der Waals surface area contributed by atoms with Crippen molar-refractivity contribution in [1.29, 1.82) is 0 Å². The second-order valence-electron chi connectivity index (χ2n) is 7.60. The summed E-state index contributed by atoms with van der Waals surface area (Å²) < 4.78 is 1.82. The van der Waals surface area contributed by atoms with E-state index in [9.17, 15) is 14.4 Å². The van der Waals surface area contributed by atoms with E-state index < -0.39 is 0 Å². The number of imide groups is 1. The van der Waals surface area contributed by atoms with Gasteiger partial charge >= 0.3 is 0 Å². The van der Waals surface area contributed by atoms with E-state index in [0.717, 1.165) is 11.0 Å². The molecular formula is C20H23N5O3. The van der Waals surface area contributed by atoms with Crippen LogP contribution < -0.4 is 5.32 Å². The largest absolute Gasteiger partial charge is 0.325 e. The Morgan fingerprint density at radius 2 is 1.86 bits per heavy atom. The second-order valence-corrected chi connectivity index (χ2v) is 7.60. The van der Waals surface area contributed by atoms with Crippen molar-refractivity contribution in [3.05, 3.63) is 30.6 Å². The lowest BCUT2D eigenvalue weighted by molar-refractivity contribution is -0.140. The number of pyridine rings is 1. The van der Waals surface area contributed by atoms with Gasteiger partial charge in [-0.05, 0) is 32.8 Å². The first-order valence-electron chi connectivity index (χ1n) is 9.59. The normalized spacial score (nSPS) is 21.6. The maximum Gasteiger partial charge on any atom is 0.233 e. The van der Waals surface area contributed by atoms with E-state index in [1.807, 2.05) is 36.7 Å². The number of nitrogens with one attached hydrogen (secondary N) is 1. The minimum absolute atomic E-state index is 0.0631. The van der Waals surface area contributed by atoms with Crippen molar-refractivity contribution < 1.29 is 14.4 Å². The van der Waals surface area contributed by atoms with E-state index in [2.05, 4.69) is 15.4 Å². The molecule has 4 rings (SSSR count). The number of amides is 3. The maximum atomic E-state index is 12.4. The van der Waals surface area contributed by atoms with Gasteiger partial charge in [-0.1, -0.05) is 12.2 Å². The van der Waals surface area contributed by atoms with Gasteiger partial charge in [0.05, 0.1) is 29.9 Å². The molecule has 2 aromatic rings. The zero-order valence-electron chi connectivity index (χ0n) is 16.0. The summed E-state index contributed by atoms with van der Waals surface area (Å²) in [5, 5.41) is 7.94. The third kappa shape index (κ3) is 3.19. The number of allylic oxidation sites excluding steroid dienone is 2. The molecule has 1 fully saturated rings. The van der Waals surface area contributed by atoms with Gasteiger partial charge in [-0.15, -0.1) is 0 Å². The van der Waals surface area contributed by atoms with E-state index in [4.69, 9.17) is 0 Å². The number of rotatable bonds is 5. The topological polar surface area (TPSA) is 97.2 Å². The zero-order valence-corrected chi connectivity index (χ0v) is 16.0. The first kappa shape index (κ1) is 18.3. The Morgan fingerprint density at radius 1 is 1.18 bits per heavy atom. The molecule has 0 bridgehead atoms. The highest BCUT2D eigenvalue weighted by atomic mass is 16.2. The van der Waals surface area contributed by atoms with E-state index in [-0.39, 0.29) is 48.6 Å². The van der Waals surface area contributed by atoms with Crippen molar-refractivity contribution in [3.63, 3.8) is 0 Å². The molecule has 0 radical (unpaired) electrons. The summed E-state index contributed by atoms with van der Waals surface area (Å²) in [4.78, 5) is 42.8. The Morgan fingerprint density at radius 3 is 2.50 bits per heavy atom. The van der Waals surface area contributed by atoms with E-state index in [1.165, 1.54) is 4.90 Å². The van der Waals surface area contributed by atoms with Crippen LogP contribution >= 0.6 is 0 Å². The van der Waals surface area contributed by atoms with Crippen LogP contribution in [0.3, 0.4) is 0 Å². The minimum atomic E-state index is -0.260. The molecule has 3 heterocycles. The number of hydrogen-bond donors (Lipinski definition) is 1. The molecule has 1 aliphatic heterocycles. The van der Waals surface area contributed by atoms with Gasteiger partial charge in [0.2, 0.25) is 17.7 Å². The van der Waals surface area contributed by atoms with Crippen molar-refractivity contribution in [1.82, 2.24) is 19.7 Å². The minimum Gasteiger partial charge on any atom is -0.325 e. The van der Waals surface area contributed by atoms with E-state index in [1.54, 1.807) is 12.4 Å². The van der Waals surface area contributed by atoms with Crippen LogP contribution in [0.1, 0.15) is 39.2 Å². The average Bonchev–Trinajstić information content (AvgIpc) is 3.20. The standard InChI is InChI=1S/C20H23N5O3/c1-12(2)25-18-13(10-22-25)9-14(11-21-18)23-17(26)7-8-24-19(27)15-5-3-4-6-16(15)20(24)28/h3-4,9-12,15-16H,5-8H2,1-2H3,(H,23,26)/t15-,16+. The Balaban J connectivity index is 1.38. The third-order valence-electron chi connectivity index (χ3n) is 5.37. The lowest BCUT2D eigenvalue weighted by atomic mass is 9.85. The van der Waals surface area contributed by atoms with Crippen LogP contribution in [-0.2, 0) is 14.4 Å². The number of aromatic nitrogens is 3. The molecule has 28 heavy (non-hydrogen) atoms. The van der Waals surface area contributed by atoms with Crippen molar-refractivity contribution in [2.24, 2.45) is 11.8 Å². The second kappa shape index (κ2) is 7.18. The Labute approximate surface area is 162 Å². The van der Waals surface area contributed by atoms with Crippen LogP contribution in [0.2, 0.25) is 0 Å². The average molecular weight is 381 g/mol. The first-order chi connectivity index (χ1) is 13.5. The molecule has 146 valence electrons. The monoisotopic (exact) mass is 381 g/mol. The molecular weight excluding hydrogens is 358 g/mol. The van der Waals surface area contributed by atoms with Gasteiger partial charge in [0, 0.05) is 24.4 Å². The highest BCUT2D eigenvalue weighted by Gasteiger charge is 2.46. The Bertz CT molecular complexity index is 951. The van der Waals surface area contributed by atoms with Gasteiger partial charge in [-0.3, -0.25) is 19.3 Å². The molecule has 8 heteroatoms. The fourth-order valence-electron chi connectivity index (χ4n) is 3.91. The molecule has 2 aliphatic rings. The fourth-order valence-corrected chi connectivity index (χ4v) is 3.91. The summed E-state index contributed by atoms with van der Waals surface area (Å²) in [6.45, 7) is 4.16. The molecule has 8 nitrogen and oxygen atoms in total. The first-order valence-corrected chi connectivity index (χ1v) is 9.59. The number of hydrogen-bond acceptors (Lipinski definition) is 5. The summed E-state index contributed by atoms with van der Waals surface area (Å²) in [6.07, 6.45) is 8.48. The molecule has 1 saturated heterocycles. The number of likely N-dealkylation sites (tertiary alicyclic amines) is 1. The van der Waals surface area contributed by atoms with E-state index >= 15 is 0 Å². The lowest BCUT2D eigenvalue weighted by Crippen LogP contribution is -2.34. The summed E-state index contributed by atoms with van der Waals surface area (Å²) in [5.41, 5.74) is 1.33. The Hall–Kier alpha value is -3.03. The number of anilines is 1. The van der Waals surface area contributed by atoms with Gasteiger partial charge in [0.15, 0.2) is 5.65 Å². The van der Waals surface area contributed by atoms with Crippen LogP contribution in [0.4, 0.5) is 5.69 Å². The smallest absolute Gasteiger partial charge is 0.233 e. The molecule has 0 spiro atoms. The summed E-state index contributed by atoms with van der Waals surface area (Å²) in [7, 11) is 0. The number of carbonyl (C=O) groups is 3. The molecule has 2 aromatic heterocycles. The summed E-state index contributed by atoms with van der Waals surface area (Å²) in [6, 6.07) is 2.01. The zero-order chi connectivity index (χ0) is 19.8. The van der Waals surface area contributed by atoms with E-state index in [0.29, 0.717) is 18.5 Å². The molecule has 1 aliphatic carbocycles.